The van der Waals surface area contributed by atoms with Crippen LogP contribution in [0.25, 0.3) is 0 Å². The van der Waals surface area contributed by atoms with E-state index in [1.807, 2.05) is 0 Å². The van der Waals surface area contributed by atoms with Gasteiger partial charge in [-0.05, 0) is 60.7 Å². The Kier molecular flexibility index (Phi) is 5.74. The van der Waals surface area contributed by atoms with Crippen LogP contribution in [0.15, 0.2) is 23.8 Å². The maximum absolute atomic E-state index is 13.0. The van der Waals surface area contributed by atoms with E-state index in [4.69, 9.17) is 4.74 Å². The largest absolute Gasteiger partial charge is 0.534 e. The highest BCUT2D eigenvalue weighted by Crippen LogP contribution is 2.67. The number of aliphatic hydroxyl groups excluding tert-OH is 1. The molecule has 1 aliphatic heterocycles. The number of carbonyl (C=O) groups excluding carboxylic acids is 5. The Labute approximate surface area is 203 Å². The molecule has 0 aromatic heterocycles. The zero-order valence-electron chi connectivity index (χ0n) is 20.0. The van der Waals surface area contributed by atoms with Crippen molar-refractivity contribution in [3.05, 3.63) is 23.8 Å². The number of ketones is 2. The Morgan fingerprint density at radius 1 is 1.14 bits per heavy atom. The fraction of sp³-hybridized carbons (Fsp3) is 0.654. The molecule has 1 N–H and O–H groups in total. The second-order valence-corrected chi connectivity index (χ2v) is 11.2. The number of carbonyl (C=O) groups is 5. The molecule has 5 aliphatic rings. The quantitative estimate of drug-likeness (QED) is 0.366. The number of ether oxygens (including phenoxy) is 1. The van der Waals surface area contributed by atoms with Crippen molar-refractivity contribution in [2.75, 3.05) is 6.61 Å². The number of hydrogen-bond donors (Lipinski definition) is 1. The van der Waals surface area contributed by atoms with Gasteiger partial charge in [0.2, 0.25) is 0 Å². The smallest absolute Gasteiger partial charge is 0.425 e. The van der Waals surface area contributed by atoms with E-state index in [2.05, 4.69) is 24.8 Å². The van der Waals surface area contributed by atoms with Gasteiger partial charge in [-0.2, -0.15) is 0 Å². The standard InChI is InChI=1S/C26H31NO8/c1-25-10-8-15(28)11-14(25)7-9-26(2)18-4-3-16(17(18)12-19(29)23(25)26)20(30)13-34-24(33)35-27-21(31)5-6-22(27)32/h5-7,16-19,23,29H,3-4,8-13H2,1-2H3/t16-,17?,18+,19-,23+,25-,26-/m0/s1. The first-order valence-corrected chi connectivity index (χ1v) is 12.4. The molecule has 3 fully saturated rings. The Bertz CT molecular complexity index is 1040. The molecule has 0 saturated heterocycles. The van der Waals surface area contributed by atoms with E-state index in [1.165, 1.54) is 0 Å². The van der Waals surface area contributed by atoms with Crippen molar-refractivity contribution in [2.45, 2.75) is 64.9 Å². The van der Waals surface area contributed by atoms with Crippen LogP contribution in [-0.4, -0.2) is 52.4 Å². The third-order valence-electron chi connectivity index (χ3n) is 9.48. The third-order valence-corrected chi connectivity index (χ3v) is 9.48. The van der Waals surface area contributed by atoms with E-state index >= 15 is 0 Å². The van der Waals surface area contributed by atoms with Gasteiger partial charge in [0.1, 0.15) is 5.78 Å². The van der Waals surface area contributed by atoms with Crippen molar-refractivity contribution in [3.63, 3.8) is 0 Å². The maximum Gasteiger partial charge on any atom is 0.534 e. The number of hydrogen-bond acceptors (Lipinski definition) is 8. The molecule has 1 heterocycles. The van der Waals surface area contributed by atoms with E-state index in [0.717, 1.165) is 37.0 Å². The minimum Gasteiger partial charge on any atom is -0.425 e. The third kappa shape index (κ3) is 3.75. The Balaban J connectivity index is 1.26. The molecule has 7 atom stereocenters. The van der Waals surface area contributed by atoms with Gasteiger partial charge >= 0.3 is 6.16 Å². The normalized spacial score (nSPS) is 40.1. The van der Waals surface area contributed by atoms with Crippen LogP contribution >= 0.6 is 0 Å². The number of rotatable bonds is 4. The van der Waals surface area contributed by atoms with Crippen LogP contribution in [0.3, 0.4) is 0 Å². The summed E-state index contributed by atoms with van der Waals surface area (Å²) in [5, 5.41) is 11.7. The molecule has 3 saturated carbocycles. The number of nitrogens with zero attached hydrogens (tertiary/aromatic N) is 1. The molecule has 0 aromatic carbocycles. The van der Waals surface area contributed by atoms with Crippen molar-refractivity contribution in [1.82, 2.24) is 5.06 Å². The Morgan fingerprint density at radius 3 is 2.57 bits per heavy atom. The lowest BCUT2D eigenvalue weighted by Gasteiger charge is -2.61. The lowest BCUT2D eigenvalue weighted by molar-refractivity contribution is -0.175. The summed E-state index contributed by atoms with van der Waals surface area (Å²) >= 11 is 0. The van der Waals surface area contributed by atoms with Crippen LogP contribution in [-0.2, 0) is 28.8 Å². The predicted octanol–water partition coefficient (Wildman–Crippen LogP) is 2.67. The summed E-state index contributed by atoms with van der Waals surface area (Å²) in [7, 11) is 0. The van der Waals surface area contributed by atoms with E-state index in [1.54, 1.807) is 0 Å². The van der Waals surface area contributed by atoms with Crippen molar-refractivity contribution >= 4 is 29.5 Å². The van der Waals surface area contributed by atoms with Crippen molar-refractivity contribution in [2.24, 2.45) is 34.5 Å². The summed E-state index contributed by atoms with van der Waals surface area (Å²) in [6, 6.07) is 0. The van der Waals surface area contributed by atoms with Gasteiger partial charge in [-0.1, -0.05) is 30.6 Å². The zero-order chi connectivity index (χ0) is 25.1. The monoisotopic (exact) mass is 485 g/mol. The second-order valence-electron chi connectivity index (χ2n) is 11.2. The molecule has 0 spiro atoms. The number of aliphatic hydroxyl groups is 1. The molecule has 0 radical (unpaired) electrons. The highest BCUT2D eigenvalue weighted by Gasteiger charge is 2.63. The zero-order valence-corrected chi connectivity index (χ0v) is 20.0. The molecule has 0 aromatic rings. The van der Waals surface area contributed by atoms with Gasteiger partial charge in [-0.15, -0.1) is 0 Å². The molecular weight excluding hydrogens is 454 g/mol. The van der Waals surface area contributed by atoms with Crippen molar-refractivity contribution < 1.29 is 38.7 Å². The lowest BCUT2D eigenvalue weighted by Crippen LogP contribution is -2.58. The van der Waals surface area contributed by atoms with Gasteiger partial charge in [0, 0.05) is 30.9 Å². The average Bonchev–Trinajstić information content (AvgIpc) is 3.37. The van der Waals surface area contributed by atoms with E-state index in [0.29, 0.717) is 25.7 Å². The molecule has 9 nitrogen and oxygen atoms in total. The van der Waals surface area contributed by atoms with Gasteiger partial charge in [-0.3, -0.25) is 24.0 Å². The number of imide groups is 1. The number of hydroxylamine groups is 2. The first-order chi connectivity index (χ1) is 16.5. The molecule has 188 valence electrons. The van der Waals surface area contributed by atoms with Crippen LogP contribution in [0.1, 0.15) is 58.8 Å². The van der Waals surface area contributed by atoms with Crippen LogP contribution < -0.4 is 0 Å². The molecule has 0 bridgehead atoms. The number of allylic oxidation sites excluding steroid dienone is 2. The summed E-state index contributed by atoms with van der Waals surface area (Å²) in [6.45, 7) is 3.90. The van der Waals surface area contributed by atoms with E-state index < -0.39 is 30.7 Å². The van der Waals surface area contributed by atoms with Crippen LogP contribution in [0, 0.1) is 34.5 Å². The summed E-state index contributed by atoms with van der Waals surface area (Å²) < 4.78 is 4.92. The topological polar surface area (TPSA) is 127 Å². The first kappa shape index (κ1) is 23.9. The maximum atomic E-state index is 13.0. The van der Waals surface area contributed by atoms with Crippen molar-refractivity contribution in [1.29, 1.82) is 0 Å². The van der Waals surface area contributed by atoms with Gasteiger partial charge in [0.15, 0.2) is 12.4 Å². The average molecular weight is 486 g/mol. The van der Waals surface area contributed by atoms with Crippen LogP contribution in [0.2, 0.25) is 0 Å². The molecule has 35 heavy (non-hydrogen) atoms. The summed E-state index contributed by atoms with van der Waals surface area (Å²) in [5.41, 5.74) is 0.773. The lowest BCUT2D eigenvalue weighted by atomic mass is 9.43. The highest BCUT2D eigenvalue weighted by molar-refractivity contribution is 6.12. The fourth-order valence-corrected chi connectivity index (χ4v) is 8.01. The predicted molar refractivity (Wildman–Crippen MR) is 120 cm³/mol. The molecule has 5 rings (SSSR count). The molecule has 9 heteroatoms. The molecule has 4 aliphatic carbocycles. The number of amides is 2. The van der Waals surface area contributed by atoms with Gasteiger partial charge in [-0.25, -0.2) is 4.79 Å². The highest BCUT2D eigenvalue weighted by atomic mass is 16.8. The molecule has 2 amide bonds. The number of fused-ring (bicyclic) bond motifs is 5. The second kappa shape index (κ2) is 8.40. The summed E-state index contributed by atoms with van der Waals surface area (Å²) in [5.74, 6) is -1.66. The first-order valence-electron chi connectivity index (χ1n) is 12.4. The van der Waals surface area contributed by atoms with E-state index in [-0.39, 0.29) is 51.1 Å². The molecule has 1 unspecified atom stereocenters. The Hall–Kier alpha value is -2.81. The number of Topliss-reactive ketones (excluding diaryl/α,β-unsaturated/α-hetero) is 2. The molecular formula is C26H31NO8. The minimum absolute atomic E-state index is 0.0203. The van der Waals surface area contributed by atoms with Crippen LogP contribution in [0.4, 0.5) is 4.79 Å². The summed E-state index contributed by atoms with van der Waals surface area (Å²) in [4.78, 5) is 64.7. The summed E-state index contributed by atoms with van der Waals surface area (Å²) in [6.07, 6.45) is 6.84. The van der Waals surface area contributed by atoms with Crippen LogP contribution in [0.5, 0.6) is 0 Å². The van der Waals surface area contributed by atoms with Crippen molar-refractivity contribution in [3.8, 4) is 0 Å². The Morgan fingerprint density at radius 2 is 1.86 bits per heavy atom. The van der Waals surface area contributed by atoms with E-state index in [9.17, 15) is 29.1 Å². The van der Waals surface area contributed by atoms with Gasteiger partial charge in [0.05, 0.1) is 6.10 Å². The fourth-order valence-electron chi connectivity index (χ4n) is 8.01. The minimum atomic E-state index is -1.29. The SMILES string of the molecule is C[C@@]12CC=C3CC(=O)CC[C@]3(C)[C@H]1[C@@H](O)CC1[C@@H](C(=O)COC(=O)ON3C(=O)C=CC3=O)CC[C@H]12. The van der Waals surface area contributed by atoms with Gasteiger partial charge < -0.3 is 9.84 Å². The van der Waals surface area contributed by atoms with Gasteiger partial charge in [0.25, 0.3) is 11.8 Å².